The number of hydrogen-bond acceptors (Lipinski definition) is 6. The highest BCUT2D eigenvalue weighted by atomic mass is 16.5. The summed E-state index contributed by atoms with van der Waals surface area (Å²) in [6.07, 6.45) is 4.13. The number of carbonyl (C=O) groups is 3. The van der Waals surface area contributed by atoms with Crippen LogP contribution in [-0.2, 0) is 16.0 Å². The maximum Gasteiger partial charge on any atom is 0.322 e. The lowest BCUT2D eigenvalue weighted by molar-refractivity contribution is -0.151. The molecule has 1 unspecified atom stereocenters. The van der Waals surface area contributed by atoms with Crippen LogP contribution >= 0.6 is 0 Å². The molecule has 5 rings (SSSR count). The van der Waals surface area contributed by atoms with E-state index in [1.807, 2.05) is 34.9 Å². The fourth-order valence-electron chi connectivity index (χ4n) is 5.92. The van der Waals surface area contributed by atoms with E-state index in [1.54, 1.807) is 13.0 Å². The monoisotopic (exact) mass is 516 g/mol. The Hall–Kier alpha value is -3.65. The summed E-state index contributed by atoms with van der Waals surface area (Å²) in [4.78, 5) is 37.4. The van der Waals surface area contributed by atoms with E-state index in [1.165, 1.54) is 0 Å². The van der Waals surface area contributed by atoms with Crippen LogP contribution in [0.2, 0.25) is 0 Å². The van der Waals surface area contributed by atoms with E-state index in [0.29, 0.717) is 17.7 Å². The van der Waals surface area contributed by atoms with E-state index >= 15 is 0 Å². The summed E-state index contributed by atoms with van der Waals surface area (Å²) < 4.78 is 7.38. The van der Waals surface area contributed by atoms with Crippen LogP contribution in [0.15, 0.2) is 42.5 Å². The molecule has 1 aliphatic carbocycles. The molecule has 1 saturated carbocycles. The summed E-state index contributed by atoms with van der Waals surface area (Å²) in [7, 11) is 0. The lowest BCUT2D eigenvalue weighted by atomic mass is 9.80. The first kappa shape index (κ1) is 26.0. The second-order valence-corrected chi connectivity index (χ2v) is 11.6. The number of nitrogens with two attached hydrogens (primary N) is 2. The SMILES string of the molecule is CC(N)C(=O)OC1CCC(Nc2cc(-c3c4n(c5ccccc35)C(=O)CC(C)(C)C4)ccc2C(N)=O)CC1. The van der Waals surface area contributed by atoms with Crippen molar-refractivity contribution >= 4 is 34.4 Å². The zero-order valence-corrected chi connectivity index (χ0v) is 22.3. The standard InChI is InChI=1S/C30H36N4O4/c1-17(31)29(37)38-20-11-9-19(10-12-20)33-23-14-18(8-13-21(23)28(32)36)27-22-6-4-5-7-24(22)34-25(27)15-30(2,3)16-26(34)35/h4-8,13-14,17,19-20,33H,9-12,15-16,31H2,1-3H3,(H2,32,36). The van der Waals surface area contributed by atoms with Gasteiger partial charge in [-0.1, -0.05) is 38.1 Å². The first-order valence-corrected chi connectivity index (χ1v) is 13.4. The second-order valence-electron chi connectivity index (χ2n) is 11.6. The van der Waals surface area contributed by atoms with Gasteiger partial charge < -0.3 is 21.5 Å². The molecule has 2 aliphatic rings. The molecule has 0 saturated heterocycles. The molecule has 200 valence electrons. The van der Waals surface area contributed by atoms with Crippen molar-refractivity contribution in [3.8, 4) is 11.1 Å². The molecule has 38 heavy (non-hydrogen) atoms. The number of ether oxygens (including phenoxy) is 1. The Bertz CT molecular complexity index is 1410. The van der Waals surface area contributed by atoms with Gasteiger partial charge in [-0.05, 0) is 68.2 Å². The van der Waals surface area contributed by atoms with Crippen LogP contribution in [0.25, 0.3) is 22.0 Å². The third-order valence-electron chi connectivity index (χ3n) is 7.76. The number of nitrogens with zero attached hydrogens (tertiary/aromatic N) is 1. The van der Waals surface area contributed by atoms with Crippen molar-refractivity contribution in [1.82, 2.24) is 4.57 Å². The maximum absolute atomic E-state index is 13.2. The third kappa shape index (κ3) is 4.92. The minimum Gasteiger partial charge on any atom is -0.461 e. The van der Waals surface area contributed by atoms with Gasteiger partial charge in [0.2, 0.25) is 5.91 Å². The Morgan fingerprint density at radius 2 is 1.79 bits per heavy atom. The first-order chi connectivity index (χ1) is 18.0. The quantitative estimate of drug-likeness (QED) is 0.410. The van der Waals surface area contributed by atoms with Crippen molar-refractivity contribution in [1.29, 1.82) is 0 Å². The fraction of sp³-hybridized carbons (Fsp3) is 0.433. The van der Waals surface area contributed by atoms with Gasteiger partial charge >= 0.3 is 5.97 Å². The van der Waals surface area contributed by atoms with Gasteiger partial charge in [0, 0.05) is 34.8 Å². The van der Waals surface area contributed by atoms with Crippen LogP contribution in [-0.4, -0.2) is 40.5 Å². The van der Waals surface area contributed by atoms with E-state index in [0.717, 1.165) is 59.8 Å². The van der Waals surface area contributed by atoms with Crippen LogP contribution in [0.1, 0.15) is 73.7 Å². The number of rotatable bonds is 6. The Kier molecular flexibility index (Phi) is 6.77. The lowest BCUT2D eigenvalue weighted by Gasteiger charge is -2.31. The summed E-state index contributed by atoms with van der Waals surface area (Å²) in [5, 5.41) is 4.56. The third-order valence-corrected chi connectivity index (χ3v) is 7.76. The van der Waals surface area contributed by atoms with Gasteiger partial charge in [0.25, 0.3) is 5.91 Å². The molecule has 1 amide bonds. The number of carbonyl (C=O) groups excluding carboxylic acids is 3. The van der Waals surface area contributed by atoms with Crippen molar-refractivity contribution in [2.75, 3.05) is 5.32 Å². The molecule has 8 heteroatoms. The number of fused-ring (bicyclic) bond motifs is 3. The van der Waals surface area contributed by atoms with Crippen molar-refractivity contribution in [3.05, 3.63) is 53.7 Å². The van der Waals surface area contributed by atoms with Gasteiger partial charge in [0.05, 0.1) is 11.1 Å². The predicted octanol–water partition coefficient (Wildman–Crippen LogP) is 4.63. The molecule has 8 nitrogen and oxygen atoms in total. The van der Waals surface area contributed by atoms with Crippen molar-refractivity contribution in [2.45, 2.75) is 77.5 Å². The van der Waals surface area contributed by atoms with E-state index in [4.69, 9.17) is 16.2 Å². The largest absolute Gasteiger partial charge is 0.461 e. The summed E-state index contributed by atoms with van der Waals surface area (Å²) in [5.41, 5.74) is 16.2. The first-order valence-electron chi connectivity index (χ1n) is 13.4. The van der Waals surface area contributed by atoms with Gasteiger partial charge in [-0.2, -0.15) is 0 Å². The fourth-order valence-corrected chi connectivity index (χ4v) is 5.92. The molecular weight excluding hydrogens is 480 g/mol. The Labute approximate surface area is 222 Å². The van der Waals surface area contributed by atoms with E-state index in [2.05, 4.69) is 25.2 Å². The zero-order chi connectivity index (χ0) is 27.2. The molecule has 3 aromatic rings. The van der Waals surface area contributed by atoms with Crippen molar-refractivity contribution in [2.24, 2.45) is 16.9 Å². The molecule has 1 aromatic heterocycles. The number of hydrogen-bond donors (Lipinski definition) is 3. The normalized spacial score (nSPS) is 21.5. The number of amides is 1. The molecule has 5 N–H and O–H groups in total. The smallest absolute Gasteiger partial charge is 0.322 e. The minimum atomic E-state index is -0.635. The summed E-state index contributed by atoms with van der Waals surface area (Å²) in [6, 6.07) is 13.1. The number of para-hydroxylation sites is 1. The predicted molar refractivity (Wildman–Crippen MR) is 148 cm³/mol. The average molecular weight is 517 g/mol. The number of benzene rings is 2. The molecule has 0 radical (unpaired) electrons. The van der Waals surface area contributed by atoms with Crippen molar-refractivity contribution < 1.29 is 19.1 Å². The van der Waals surface area contributed by atoms with Crippen LogP contribution in [0, 0.1) is 5.41 Å². The van der Waals surface area contributed by atoms with Gasteiger partial charge in [0.1, 0.15) is 12.1 Å². The number of nitrogens with one attached hydrogen (secondary N) is 1. The van der Waals surface area contributed by atoms with E-state index in [9.17, 15) is 14.4 Å². The van der Waals surface area contributed by atoms with E-state index in [-0.39, 0.29) is 29.4 Å². The van der Waals surface area contributed by atoms with Crippen LogP contribution in [0.3, 0.4) is 0 Å². The lowest BCUT2D eigenvalue weighted by Crippen LogP contribution is -2.36. The molecular formula is C30H36N4O4. The van der Waals surface area contributed by atoms with E-state index < -0.39 is 11.9 Å². The molecule has 2 heterocycles. The Morgan fingerprint density at radius 3 is 2.47 bits per heavy atom. The maximum atomic E-state index is 13.2. The molecule has 1 aliphatic heterocycles. The van der Waals surface area contributed by atoms with Crippen molar-refractivity contribution in [3.63, 3.8) is 0 Å². The molecule has 0 bridgehead atoms. The summed E-state index contributed by atoms with van der Waals surface area (Å²) in [6.45, 7) is 5.87. The van der Waals surface area contributed by atoms with Crippen LogP contribution in [0.5, 0.6) is 0 Å². The molecule has 2 aromatic carbocycles. The van der Waals surface area contributed by atoms with Crippen LogP contribution < -0.4 is 16.8 Å². The van der Waals surface area contributed by atoms with Gasteiger partial charge in [-0.3, -0.25) is 19.0 Å². The Morgan fingerprint density at radius 1 is 1.08 bits per heavy atom. The highest BCUT2D eigenvalue weighted by molar-refractivity contribution is 6.06. The number of anilines is 1. The highest BCUT2D eigenvalue weighted by Gasteiger charge is 2.35. The summed E-state index contributed by atoms with van der Waals surface area (Å²) in [5.74, 6) is -0.777. The highest BCUT2D eigenvalue weighted by Crippen LogP contribution is 2.43. The molecule has 1 atom stereocenters. The van der Waals surface area contributed by atoms with Gasteiger partial charge in [-0.15, -0.1) is 0 Å². The zero-order valence-electron chi connectivity index (χ0n) is 22.3. The number of esters is 1. The number of aromatic nitrogens is 1. The Balaban J connectivity index is 1.48. The number of primary amides is 1. The van der Waals surface area contributed by atoms with Crippen LogP contribution in [0.4, 0.5) is 5.69 Å². The topological polar surface area (TPSA) is 129 Å². The minimum absolute atomic E-state index is 0.104. The molecule has 0 spiro atoms. The van der Waals surface area contributed by atoms with Gasteiger partial charge in [0.15, 0.2) is 0 Å². The average Bonchev–Trinajstić information content (AvgIpc) is 3.18. The molecule has 1 fully saturated rings. The second kappa shape index (κ2) is 9.91. The van der Waals surface area contributed by atoms with Gasteiger partial charge in [-0.25, -0.2) is 0 Å². The summed E-state index contributed by atoms with van der Waals surface area (Å²) >= 11 is 0.